The number of thioether (sulfide) groups is 1. The van der Waals surface area contributed by atoms with Crippen LogP contribution in [0.2, 0.25) is 0 Å². The molecule has 0 aliphatic carbocycles. The van der Waals surface area contributed by atoms with Crippen LogP contribution in [0.25, 0.3) is 0 Å². The zero-order valence-corrected chi connectivity index (χ0v) is 16.2. The molecule has 1 atom stereocenters. The molecule has 0 saturated heterocycles. The van der Waals surface area contributed by atoms with Crippen molar-refractivity contribution in [3.8, 4) is 0 Å². The van der Waals surface area contributed by atoms with Gasteiger partial charge in [-0.1, -0.05) is 30.3 Å². The summed E-state index contributed by atoms with van der Waals surface area (Å²) >= 11 is 1.42. The number of carbonyl (C=O) groups is 3. The molecule has 1 unspecified atom stereocenters. The maximum atomic E-state index is 12.5. The number of imide groups is 1. The van der Waals surface area contributed by atoms with Crippen molar-refractivity contribution < 1.29 is 29.0 Å². The second-order valence-electron chi connectivity index (χ2n) is 6.53. The summed E-state index contributed by atoms with van der Waals surface area (Å²) < 4.78 is 10.4. The largest absolute Gasteiger partial charge is 0.480 e. The molecule has 0 bridgehead atoms. The van der Waals surface area contributed by atoms with Crippen molar-refractivity contribution in [2.45, 2.75) is 45.4 Å². The molecule has 0 heterocycles. The first-order valence-corrected chi connectivity index (χ1v) is 9.49. The molecule has 0 saturated carbocycles. The highest BCUT2D eigenvalue weighted by Crippen LogP contribution is 2.17. The molecule has 1 rings (SSSR count). The zero-order chi connectivity index (χ0) is 19.7. The highest BCUT2D eigenvalue weighted by molar-refractivity contribution is 7.98. The van der Waals surface area contributed by atoms with Crippen LogP contribution in [0, 0.1) is 0 Å². The Balaban J connectivity index is 2.98. The highest BCUT2D eigenvalue weighted by Gasteiger charge is 2.38. The number of hydrogen-bond donors (Lipinski definition) is 1. The molecular formula is C18H25NO6S. The lowest BCUT2D eigenvalue weighted by atomic mass is 10.2. The first kappa shape index (κ1) is 21.8. The molecule has 144 valence electrons. The lowest BCUT2D eigenvalue weighted by Gasteiger charge is -2.29. The Hall–Kier alpha value is -2.22. The van der Waals surface area contributed by atoms with Crippen LogP contribution in [0.1, 0.15) is 32.8 Å². The Bertz CT molecular complexity index is 614. The molecular weight excluding hydrogens is 358 g/mol. The molecule has 26 heavy (non-hydrogen) atoms. The van der Waals surface area contributed by atoms with E-state index in [0.29, 0.717) is 10.7 Å². The Morgan fingerprint density at radius 2 is 1.77 bits per heavy atom. The van der Waals surface area contributed by atoms with Crippen molar-refractivity contribution in [3.05, 3.63) is 35.9 Å². The average Bonchev–Trinajstić information content (AvgIpc) is 2.55. The van der Waals surface area contributed by atoms with Gasteiger partial charge in [0, 0.05) is 0 Å². The van der Waals surface area contributed by atoms with Crippen molar-refractivity contribution in [2.75, 3.05) is 12.0 Å². The van der Waals surface area contributed by atoms with Crippen LogP contribution in [0.4, 0.5) is 9.59 Å². The summed E-state index contributed by atoms with van der Waals surface area (Å²) in [5, 5.41) is 9.49. The van der Waals surface area contributed by atoms with E-state index in [9.17, 15) is 19.5 Å². The van der Waals surface area contributed by atoms with Crippen molar-refractivity contribution in [2.24, 2.45) is 0 Å². The van der Waals surface area contributed by atoms with E-state index in [0.717, 1.165) is 5.56 Å². The molecule has 7 nitrogen and oxygen atoms in total. The summed E-state index contributed by atoms with van der Waals surface area (Å²) in [5.74, 6) is -0.830. The van der Waals surface area contributed by atoms with Crippen LogP contribution in [0.15, 0.2) is 30.3 Å². The minimum absolute atomic E-state index is 0.0756. The van der Waals surface area contributed by atoms with E-state index in [1.807, 2.05) is 12.3 Å². The Labute approximate surface area is 157 Å². The predicted octanol–water partition coefficient (Wildman–Crippen LogP) is 3.77. The third kappa shape index (κ3) is 7.35. The molecule has 0 aliphatic heterocycles. The van der Waals surface area contributed by atoms with E-state index in [1.54, 1.807) is 45.0 Å². The van der Waals surface area contributed by atoms with Gasteiger partial charge in [-0.2, -0.15) is 16.7 Å². The number of benzene rings is 1. The summed E-state index contributed by atoms with van der Waals surface area (Å²) in [6.07, 6.45) is -0.179. The van der Waals surface area contributed by atoms with Gasteiger partial charge in [-0.05, 0) is 44.8 Å². The fourth-order valence-electron chi connectivity index (χ4n) is 2.02. The summed E-state index contributed by atoms with van der Waals surface area (Å²) in [4.78, 5) is 37.1. The molecule has 0 aliphatic rings. The SMILES string of the molecule is CSCCC(C(=O)O)N(C(=O)OCc1ccccc1)C(=O)OC(C)(C)C. The predicted molar refractivity (Wildman–Crippen MR) is 99.1 cm³/mol. The zero-order valence-electron chi connectivity index (χ0n) is 15.4. The molecule has 0 radical (unpaired) electrons. The van der Waals surface area contributed by atoms with E-state index in [-0.39, 0.29) is 13.0 Å². The summed E-state index contributed by atoms with van der Waals surface area (Å²) in [6, 6.07) is 7.55. The van der Waals surface area contributed by atoms with Crippen molar-refractivity contribution in [3.63, 3.8) is 0 Å². The number of carbonyl (C=O) groups excluding carboxylic acids is 2. The van der Waals surface area contributed by atoms with Gasteiger partial charge in [0.25, 0.3) is 0 Å². The van der Waals surface area contributed by atoms with Crippen LogP contribution < -0.4 is 0 Å². The molecule has 0 fully saturated rings. The summed E-state index contributed by atoms with van der Waals surface area (Å²) in [7, 11) is 0. The number of amides is 2. The topological polar surface area (TPSA) is 93.1 Å². The molecule has 1 aromatic carbocycles. The number of hydrogen-bond acceptors (Lipinski definition) is 6. The molecule has 0 aromatic heterocycles. The van der Waals surface area contributed by atoms with E-state index in [1.165, 1.54) is 11.8 Å². The minimum atomic E-state index is -1.36. The third-order valence-electron chi connectivity index (χ3n) is 3.18. The number of aliphatic carboxylic acids is 1. The number of ether oxygens (including phenoxy) is 2. The van der Waals surface area contributed by atoms with Crippen LogP contribution in [-0.4, -0.2) is 51.8 Å². The fraction of sp³-hybridized carbons (Fsp3) is 0.500. The Morgan fingerprint density at radius 3 is 2.27 bits per heavy atom. The smallest absolute Gasteiger partial charge is 0.420 e. The van der Waals surface area contributed by atoms with E-state index in [2.05, 4.69) is 0 Å². The van der Waals surface area contributed by atoms with Crippen LogP contribution in [-0.2, 0) is 20.9 Å². The minimum Gasteiger partial charge on any atom is -0.480 e. The van der Waals surface area contributed by atoms with E-state index >= 15 is 0 Å². The summed E-state index contributed by atoms with van der Waals surface area (Å²) in [6.45, 7) is 4.83. The highest BCUT2D eigenvalue weighted by atomic mass is 32.2. The van der Waals surface area contributed by atoms with E-state index in [4.69, 9.17) is 9.47 Å². The molecule has 1 aromatic rings. The molecule has 1 N–H and O–H groups in total. The first-order chi connectivity index (χ1) is 12.2. The Kier molecular flexibility index (Phi) is 8.44. The lowest BCUT2D eigenvalue weighted by Crippen LogP contribution is -2.50. The van der Waals surface area contributed by atoms with Gasteiger partial charge in [0.15, 0.2) is 0 Å². The van der Waals surface area contributed by atoms with Crippen molar-refractivity contribution in [1.82, 2.24) is 4.90 Å². The number of carboxylic acids is 1. The van der Waals surface area contributed by atoms with Gasteiger partial charge in [0.05, 0.1) is 0 Å². The van der Waals surface area contributed by atoms with Crippen molar-refractivity contribution in [1.29, 1.82) is 0 Å². The van der Waals surface area contributed by atoms with Gasteiger partial charge in [-0.15, -0.1) is 0 Å². The van der Waals surface area contributed by atoms with Gasteiger partial charge in [0.1, 0.15) is 18.2 Å². The first-order valence-electron chi connectivity index (χ1n) is 8.10. The normalized spacial score (nSPS) is 12.2. The molecule has 2 amide bonds. The van der Waals surface area contributed by atoms with Gasteiger partial charge < -0.3 is 14.6 Å². The maximum absolute atomic E-state index is 12.5. The van der Waals surface area contributed by atoms with Gasteiger partial charge in [0.2, 0.25) is 0 Å². The monoisotopic (exact) mass is 383 g/mol. The maximum Gasteiger partial charge on any atom is 0.420 e. The standard InChI is InChI=1S/C18H25NO6S/c1-18(2,3)25-17(23)19(14(15(20)21)10-11-26-4)16(22)24-12-13-8-6-5-7-9-13/h5-9,14H,10-12H2,1-4H3,(H,20,21). The van der Waals surface area contributed by atoms with Crippen LogP contribution >= 0.6 is 11.8 Å². The van der Waals surface area contributed by atoms with Gasteiger partial charge in [-0.25, -0.2) is 14.4 Å². The number of rotatable bonds is 7. The summed E-state index contributed by atoms with van der Waals surface area (Å²) in [5.41, 5.74) is -0.154. The second kappa shape index (κ2) is 10.1. The Morgan fingerprint density at radius 1 is 1.15 bits per heavy atom. The van der Waals surface area contributed by atoms with Gasteiger partial charge >= 0.3 is 18.2 Å². The van der Waals surface area contributed by atoms with Crippen LogP contribution in [0.5, 0.6) is 0 Å². The van der Waals surface area contributed by atoms with Crippen molar-refractivity contribution >= 4 is 29.9 Å². The molecule has 0 spiro atoms. The second-order valence-corrected chi connectivity index (χ2v) is 7.51. The third-order valence-corrected chi connectivity index (χ3v) is 3.83. The quantitative estimate of drug-likeness (QED) is 0.766. The fourth-order valence-corrected chi connectivity index (χ4v) is 2.48. The van der Waals surface area contributed by atoms with Crippen LogP contribution in [0.3, 0.4) is 0 Å². The van der Waals surface area contributed by atoms with Gasteiger partial charge in [-0.3, -0.25) is 0 Å². The molecule has 8 heteroatoms. The lowest BCUT2D eigenvalue weighted by molar-refractivity contribution is -0.142. The van der Waals surface area contributed by atoms with E-state index < -0.39 is 29.8 Å². The number of nitrogens with zero attached hydrogens (tertiary/aromatic N) is 1. The average molecular weight is 383 g/mol. The number of carboxylic acid groups (broad SMARTS) is 1.